The number of rotatable bonds is 1. The predicted octanol–water partition coefficient (Wildman–Crippen LogP) is 2.09. The molecule has 0 aromatic heterocycles. The van der Waals surface area contributed by atoms with Crippen molar-refractivity contribution in [2.45, 2.75) is 18.6 Å². The van der Waals surface area contributed by atoms with Crippen molar-refractivity contribution >= 4 is 0 Å². The molecule has 1 unspecified atom stereocenters. The van der Waals surface area contributed by atoms with Gasteiger partial charge in [0.15, 0.2) is 11.6 Å². The maximum Gasteiger partial charge on any atom is 0.161 e. The maximum atomic E-state index is 13.4. The van der Waals surface area contributed by atoms with Crippen molar-refractivity contribution < 1.29 is 39.0 Å². The summed E-state index contributed by atoms with van der Waals surface area (Å²) in [5, 5.41) is 0. The Balaban J connectivity index is 0.00000144. The Morgan fingerprint density at radius 3 is 2.47 bits per heavy atom. The summed E-state index contributed by atoms with van der Waals surface area (Å²) in [6.45, 7) is 0.330. The molecule has 17 heavy (non-hydrogen) atoms. The first-order valence-electron chi connectivity index (χ1n) is 4.93. The van der Waals surface area contributed by atoms with E-state index in [0.29, 0.717) is 19.1 Å². The molecule has 1 aliphatic heterocycles. The minimum Gasteiger partial charge on any atom is -0.404 e. The van der Waals surface area contributed by atoms with E-state index in [1.54, 1.807) is 0 Å². The zero-order valence-electron chi connectivity index (χ0n) is 8.83. The fourth-order valence-corrected chi connectivity index (χ4v) is 1.76. The van der Waals surface area contributed by atoms with Crippen molar-refractivity contribution in [3.63, 3.8) is 0 Å². The van der Waals surface area contributed by atoms with E-state index in [2.05, 4.69) is 0 Å². The smallest absolute Gasteiger partial charge is 0.161 e. The fourth-order valence-electron chi connectivity index (χ4n) is 1.76. The summed E-state index contributed by atoms with van der Waals surface area (Å²) in [7, 11) is 0. The molecule has 0 amide bonds. The average molecular weight is 414 g/mol. The summed E-state index contributed by atoms with van der Waals surface area (Å²) in [6, 6.07) is 0.882. The molecule has 1 saturated heterocycles. The molecule has 1 aromatic rings. The minimum atomic E-state index is -1.21. The summed E-state index contributed by atoms with van der Waals surface area (Å²) < 4.78 is 44.4. The van der Waals surface area contributed by atoms with Gasteiger partial charge in [-0.2, -0.15) is 6.42 Å². The van der Waals surface area contributed by atoms with Crippen LogP contribution in [0.5, 0.6) is 0 Å². The van der Waals surface area contributed by atoms with Crippen molar-refractivity contribution in [1.82, 2.24) is 0 Å². The predicted molar refractivity (Wildman–Crippen MR) is 51.9 cm³/mol. The van der Waals surface area contributed by atoms with Crippen molar-refractivity contribution in [2.75, 3.05) is 6.61 Å². The fraction of sp³-hybridized carbons (Fsp3) is 0.364. The van der Waals surface area contributed by atoms with Crippen molar-refractivity contribution in [2.24, 2.45) is 5.73 Å². The van der Waals surface area contributed by atoms with Crippen LogP contribution in [0.3, 0.4) is 0 Å². The first-order valence-corrected chi connectivity index (χ1v) is 4.93. The Labute approximate surface area is 112 Å². The van der Waals surface area contributed by atoms with E-state index in [9.17, 15) is 13.2 Å². The van der Waals surface area contributed by atoms with Gasteiger partial charge in [-0.1, -0.05) is 6.61 Å². The first-order chi connectivity index (χ1) is 7.59. The number of halogens is 3. The molecule has 2 rings (SSSR count). The van der Waals surface area contributed by atoms with Gasteiger partial charge in [0, 0.05) is 38.7 Å². The van der Waals surface area contributed by atoms with Gasteiger partial charge in [0.25, 0.3) is 0 Å². The van der Waals surface area contributed by atoms with Gasteiger partial charge >= 0.3 is 0 Å². The second kappa shape index (κ2) is 5.98. The van der Waals surface area contributed by atoms with Crippen LogP contribution in [0.4, 0.5) is 13.2 Å². The van der Waals surface area contributed by atoms with E-state index in [-0.39, 0.29) is 26.6 Å². The Kier molecular flexibility index (Phi) is 5.17. The van der Waals surface area contributed by atoms with E-state index in [4.69, 9.17) is 10.5 Å². The van der Waals surface area contributed by atoms with Crippen LogP contribution in [-0.2, 0) is 25.8 Å². The SMILES string of the molecule is N[C@H]1C[CH-]COC1c1cc(F)c(F)cc1F.[W]. The van der Waals surface area contributed by atoms with Crippen LogP contribution in [0.1, 0.15) is 18.1 Å². The second-order valence-electron chi connectivity index (χ2n) is 3.73. The summed E-state index contributed by atoms with van der Waals surface area (Å²) in [6.07, 6.45) is 1.65. The van der Waals surface area contributed by atoms with Crippen LogP contribution in [0, 0.1) is 23.9 Å². The maximum absolute atomic E-state index is 13.4. The standard InChI is InChI=1S/C11H11F3NO.W/c12-7-5-9(14)8(13)4-6(7)11-10(15)2-1-3-16-11;/h1,4-5,10-11H,2-3,15H2;/q-1;/t10-,11?;/m0./s1. The number of ether oxygens (including phenoxy) is 1. The Hall–Kier alpha value is -0.382. The Morgan fingerprint density at radius 2 is 1.82 bits per heavy atom. The van der Waals surface area contributed by atoms with Crippen LogP contribution in [0.25, 0.3) is 0 Å². The summed E-state index contributed by atoms with van der Waals surface area (Å²) >= 11 is 0. The third kappa shape index (κ3) is 3.09. The molecule has 2 atom stereocenters. The molecule has 2 nitrogen and oxygen atoms in total. The number of hydrogen-bond donors (Lipinski definition) is 1. The molecule has 0 bridgehead atoms. The van der Waals surface area contributed by atoms with Gasteiger partial charge in [-0.3, -0.25) is 0 Å². The van der Waals surface area contributed by atoms with Crippen LogP contribution in [0.2, 0.25) is 0 Å². The van der Waals surface area contributed by atoms with Gasteiger partial charge < -0.3 is 16.9 Å². The average Bonchev–Trinajstić information content (AvgIpc) is 2.25. The van der Waals surface area contributed by atoms with Gasteiger partial charge in [0.2, 0.25) is 0 Å². The summed E-state index contributed by atoms with van der Waals surface area (Å²) in [5.74, 6) is -3.14. The van der Waals surface area contributed by atoms with Gasteiger partial charge in [-0.15, -0.1) is 0 Å². The molecule has 0 aliphatic carbocycles. The van der Waals surface area contributed by atoms with Crippen molar-refractivity contribution in [1.29, 1.82) is 0 Å². The molecule has 0 spiro atoms. The van der Waals surface area contributed by atoms with E-state index < -0.39 is 29.6 Å². The normalized spacial score (nSPS) is 24.2. The van der Waals surface area contributed by atoms with E-state index in [1.807, 2.05) is 6.42 Å². The molecule has 1 aliphatic rings. The van der Waals surface area contributed by atoms with Gasteiger partial charge in [0.1, 0.15) is 5.82 Å². The van der Waals surface area contributed by atoms with Gasteiger partial charge in [-0.25, -0.2) is 13.2 Å². The number of hydrogen-bond acceptors (Lipinski definition) is 2. The zero-order chi connectivity index (χ0) is 11.7. The molecule has 1 fully saturated rings. The zero-order valence-corrected chi connectivity index (χ0v) is 11.8. The van der Waals surface area contributed by atoms with E-state index in [1.165, 1.54) is 0 Å². The summed E-state index contributed by atoms with van der Waals surface area (Å²) in [5.41, 5.74) is 5.70. The largest absolute Gasteiger partial charge is 0.404 e. The van der Waals surface area contributed by atoms with E-state index >= 15 is 0 Å². The van der Waals surface area contributed by atoms with Crippen molar-refractivity contribution in [3.05, 3.63) is 41.6 Å². The quantitative estimate of drug-likeness (QED) is 0.565. The van der Waals surface area contributed by atoms with Gasteiger partial charge in [0.05, 0.1) is 6.10 Å². The second-order valence-corrected chi connectivity index (χ2v) is 3.73. The molecular formula is C11H11F3NOW-. The molecule has 1 aromatic carbocycles. The van der Waals surface area contributed by atoms with Gasteiger partial charge in [-0.05, 0) is 6.07 Å². The minimum absolute atomic E-state index is 0. The third-order valence-electron chi connectivity index (χ3n) is 2.57. The van der Waals surface area contributed by atoms with Crippen LogP contribution in [-0.4, -0.2) is 12.6 Å². The van der Waals surface area contributed by atoms with Crippen LogP contribution in [0.15, 0.2) is 12.1 Å². The first kappa shape index (κ1) is 14.7. The van der Waals surface area contributed by atoms with E-state index in [0.717, 1.165) is 6.07 Å². The molecule has 2 N–H and O–H groups in total. The Bertz CT molecular complexity index is 403. The molecule has 0 radical (unpaired) electrons. The number of nitrogens with two attached hydrogens (primary N) is 1. The summed E-state index contributed by atoms with van der Waals surface area (Å²) in [4.78, 5) is 0. The molecular weight excluding hydrogens is 403 g/mol. The molecule has 1 heterocycles. The molecule has 6 heteroatoms. The van der Waals surface area contributed by atoms with Crippen LogP contribution < -0.4 is 5.73 Å². The van der Waals surface area contributed by atoms with Crippen molar-refractivity contribution in [3.8, 4) is 0 Å². The number of benzene rings is 1. The Morgan fingerprint density at radius 1 is 1.18 bits per heavy atom. The topological polar surface area (TPSA) is 35.2 Å². The molecule has 0 saturated carbocycles. The third-order valence-corrected chi connectivity index (χ3v) is 2.57. The van der Waals surface area contributed by atoms with Crippen LogP contribution >= 0.6 is 0 Å². The molecule has 94 valence electrons. The monoisotopic (exact) mass is 414 g/mol.